The lowest BCUT2D eigenvalue weighted by Crippen LogP contribution is -2.02. The number of anilines is 1. The third kappa shape index (κ3) is 2.51. The molecule has 0 aliphatic rings. The third-order valence-electron chi connectivity index (χ3n) is 2.76. The molecular weight excluding hydrogens is 224 g/mol. The van der Waals surface area contributed by atoms with Crippen LogP contribution in [-0.4, -0.2) is 16.7 Å². The van der Waals surface area contributed by atoms with E-state index in [9.17, 15) is 5.26 Å². The summed E-state index contributed by atoms with van der Waals surface area (Å²) >= 11 is 0. The van der Waals surface area contributed by atoms with E-state index >= 15 is 0 Å². The number of nitrogens with zero attached hydrogens (tertiary/aromatic N) is 2. The van der Waals surface area contributed by atoms with Crippen LogP contribution in [0, 0.1) is 11.3 Å². The van der Waals surface area contributed by atoms with Crippen LogP contribution in [0.25, 0.3) is 11.3 Å². The van der Waals surface area contributed by atoms with Crippen LogP contribution in [0.4, 0.5) is 5.82 Å². The van der Waals surface area contributed by atoms with Gasteiger partial charge >= 0.3 is 0 Å². The fraction of sp³-hybridized carbons (Fsp3) is 0.286. The zero-order valence-electron chi connectivity index (χ0n) is 10.4. The number of unbranched alkanes of at least 4 members (excludes halogenated alkanes) is 1. The van der Waals surface area contributed by atoms with E-state index in [2.05, 4.69) is 28.5 Å². The van der Waals surface area contributed by atoms with E-state index in [0.717, 1.165) is 30.6 Å². The van der Waals surface area contributed by atoms with E-state index in [1.54, 1.807) is 0 Å². The Balaban J connectivity index is 2.26. The first-order valence-electron chi connectivity index (χ1n) is 6.14. The normalized spacial score (nSPS) is 10.0. The van der Waals surface area contributed by atoms with Crippen molar-refractivity contribution in [3.8, 4) is 17.3 Å². The standard InChI is InChI=1S/C14H16N4/c1-2-3-9-16-14-12(10-15)13(17-18-14)11-7-5-4-6-8-11/h4-8H,2-3,9H2,1H3,(H2,16,17,18). The molecular formula is C14H16N4. The molecule has 0 spiro atoms. The Hall–Kier alpha value is -2.28. The van der Waals surface area contributed by atoms with Gasteiger partial charge in [-0.1, -0.05) is 43.7 Å². The molecule has 0 fully saturated rings. The highest BCUT2D eigenvalue weighted by atomic mass is 15.2. The zero-order chi connectivity index (χ0) is 12.8. The van der Waals surface area contributed by atoms with E-state index in [-0.39, 0.29) is 0 Å². The highest BCUT2D eigenvalue weighted by Crippen LogP contribution is 2.25. The minimum Gasteiger partial charge on any atom is -0.367 e. The number of hydrogen-bond donors (Lipinski definition) is 2. The summed E-state index contributed by atoms with van der Waals surface area (Å²) in [5.74, 6) is 0.643. The van der Waals surface area contributed by atoms with Crippen LogP contribution in [-0.2, 0) is 0 Å². The molecule has 4 heteroatoms. The van der Waals surface area contributed by atoms with Crippen molar-refractivity contribution < 1.29 is 0 Å². The highest BCUT2D eigenvalue weighted by Gasteiger charge is 2.13. The van der Waals surface area contributed by atoms with Crippen LogP contribution in [0.1, 0.15) is 25.3 Å². The van der Waals surface area contributed by atoms with Crippen molar-refractivity contribution >= 4 is 5.82 Å². The Morgan fingerprint density at radius 3 is 2.78 bits per heavy atom. The Kier molecular flexibility index (Phi) is 3.98. The number of benzene rings is 1. The highest BCUT2D eigenvalue weighted by molar-refractivity contribution is 5.72. The van der Waals surface area contributed by atoms with Crippen molar-refractivity contribution in [1.29, 1.82) is 5.26 Å². The molecule has 2 aromatic rings. The van der Waals surface area contributed by atoms with Crippen LogP contribution >= 0.6 is 0 Å². The van der Waals surface area contributed by atoms with Gasteiger partial charge < -0.3 is 5.32 Å². The fourth-order valence-corrected chi connectivity index (χ4v) is 1.78. The quantitative estimate of drug-likeness (QED) is 0.789. The molecule has 1 aromatic carbocycles. The predicted molar refractivity (Wildman–Crippen MR) is 72.1 cm³/mol. The number of aromatic nitrogens is 2. The SMILES string of the molecule is CCCCNc1n[nH]c(-c2ccccc2)c1C#N. The molecule has 92 valence electrons. The van der Waals surface area contributed by atoms with E-state index in [0.29, 0.717) is 11.4 Å². The minimum absolute atomic E-state index is 0.581. The van der Waals surface area contributed by atoms with Crippen molar-refractivity contribution in [1.82, 2.24) is 10.2 Å². The van der Waals surface area contributed by atoms with Crippen LogP contribution in [0.15, 0.2) is 30.3 Å². The Labute approximate surface area is 107 Å². The van der Waals surface area contributed by atoms with Gasteiger partial charge in [-0.05, 0) is 6.42 Å². The molecule has 2 rings (SSSR count). The second-order valence-electron chi connectivity index (χ2n) is 4.08. The number of hydrogen-bond acceptors (Lipinski definition) is 3. The summed E-state index contributed by atoms with van der Waals surface area (Å²) in [6, 6.07) is 12.0. The van der Waals surface area contributed by atoms with Crippen LogP contribution in [0.2, 0.25) is 0 Å². The van der Waals surface area contributed by atoms with Gasteiger partial charge in [-0.3, -0.25) is 5.10 Å². The fourth-order valence-electron chi connectivity index (χ4n) is 1.78. The lowest BCUT2D eigenvalue weighted by Gasteiger charge is -2.01. The molecule has 0 saturated carbocycles. The molecule has 0 radical (unpaired) electrons. The predicted octanol–water partition coefficient (Wildman–Crippen LogP) is 3.16. The van der Waals surface area contributed by atoms with Gasteiger partial charge in [0.2, 0.25) is 0 Å². The summed E-state index contributed by atoms with van der Waals surface area (Å²) in [4.78, 5) is 0. The number of aromatic amines is 1. The molecule has 1 aromatic heterocycles. The van der Waals surface area contributed by atoms with Crippen LogP contribution < -0.4 is 5.32 Å². The van der Waals surface area contributed by atoms with Gasteiger partial charge in [0.1, 0.15) is 11.6 Å². The largest absolute Gasteiger partial charge is 0.367 e. The van der Waals surface area contributed by atoms with Gasteiger partial charge in [0, 0.05) is 12.1 Å². The monoisotopic (exact) mass is 240 g/mol. The van der Waals surface area contributed by atoms with E-state index in [4.69, 9.17) is 0 Å². The number of rotatable bonds is 5. The lowest BCUT2D eigenvalue weighted by atomic mass is 10.1. The van der Waals surface area contributed by atoms with Gasteiger partial charge in [-0.2, -0.15) is 10.4 Å². The second kappa shape index (κ2) is 5.87. The van der Waals surface area contributed by atoms with E-state index in [1.807, 2.05) is 30.3 Å². The summed E-state index contributed by atoms with van der Waals surface area (Å²) < 4.78 is 0. The lowest BCUT2D eigenvalue weighted by molar-refractivity contribution is 0.829. The van der Waals surface area contributed by atoms with Gasteiger partial charge in [-0.15, -0.1) is 0 Å². The maximum absolute atomic E-state index is 9.26. The van der Waals surface area contributed by atoms with E-state index in [1.165, 1.54) is 0 Å². The Bertz CT molecular complexity index is 537. The summed E-state index contributed by atoms with van der Waals surface area (Å²) in [6.07, 6.45) is 2.18. The van der Waals surface area contributed by atoms with Crippen LogP contribution in [0.3, 0.4) is 0 Å². The van der Waals surface area contributed by atoms with E-state index < -0.39 is 0 Å². The first-order valence-corrected chi connectivity index (χ1v) is 6.14. The summed E-state index contributed by atoms with van der Waals surface area (Å²) in [5.41, 5.74) is 2.33. The minimum atomic E-state index is 0.581. The summed E-state index contributed by atoms with van der Waals surface area (Å²) in [7, 11) is 0. The molecule has 1 heterocycles. The molecule has 4 nitrogen and oxygen atoms in total. The molecule has 0 bridgehead atoms. The van der Waals surface area contributed by atoms with Gasteiger partial charge in [0.05, 0.1) is 5.69 Å². The average Bonchev–Trinajstić information content (AvgIpc) is 2.83. The van der Waals surface area contributed by atoms with Crippen LogP contribution in [0.5, 0.6) is 0 Å². The molecule has 0 unspecified atom stereocenters. The summed E-state index contributed by atoms with van der Waals surface area (Å²) in [5, 5.41) is 19.6. The third-order valence-corrected chi connectivity index (χ3v) is 2.76. The molecule has 0 aliphatic carbocycles. The molecule has 0 aliphatic heterocycles. The smallest absolute Gasteiger partial charge is 0.166 e. The van der Waals surface area contributed by atoms with Crippen molar-refractivity contribution in [2.24, 2.45) is 0 Å². The Morgan fingerprint density at radius 1 is 1.33 bits per heavy atom. The van der Waals surface area contributed by atoms with Crippen molar-refractivity contribution in [3.63, 3.8) is 0 Å². The number of nitriles is 1. The number of H-pyrrole nitrogens is 1. The van der Waals surface area contributed by atoms with Crippen molar-refractivity contribution in [2.75, 3.05) is 11.9 Å². The molecule has 0 atom stereocenters. The maximum atomic E-state index is 9.26. The first-order chi connectivity index (χ1) is 8.86. The van der Waals surface area contributed by atoms with Gasteiger partial charge in [0.25, 0.3) is 0 Å². The average molecular weight is 240 g/mol. The molecule has 0 amide bonds. The van der Waals surface area contributed by atoms with Crippen molar-refractivity contribution in [3.05, 3.63) is 35.9 Å². The molecule has 0 saturated heterocycles. The van der Waals surface area contributed by atoms with Crippen molar-refractivity contribution in [2.45, 2.75) is 19.8 Å². The molecule has 2 N–H and O–H groups in total. The first kappa shape index (κ1) is 12.2. The zero-order valence-corrected chi connectivity index (χ0v) is 10.4. The topological polar surface area (TPSA) is 64.5 Å². The second-order valence-corrected chi connectivity index (χ2v) is 4.08. The Morgan fingerprint density at radius 2 is 2.11 bits per heavy atom. The van der Waals surface area contributed by atoms with Gasteiger partial charge in [0.15, 0.2) is 5.82 Å². The van der Waals surface area contributed by atoms with Gasteiger partial charge in [-0.25, -0.2) is 0 Å². The maximum Gasteiger partial charge on any atom is 0.166 e. The molecule has 18 heavy (non-hydrogen) atoms. The number of nitrogens with one attached hydrogen (secondary N) is 2. The summed E-state index contributed by atoms with van der Waals surface area (Å²) in [6.45, 7) is 2.97.